The van der Waals surface area contributed by atoms with Gasteiger partial charge in [0.05, 0.1) is 5.56 Å². The molecular weight excluding hydrogens is 220 g/mol. The Balaban J connectivity index is 1.99. The van der Waals surface area contributed by atoms with Crippen LogP contribution < -0.4 is 5.73 Å². The van der Waals surface area contributed by atoms with Crippen LogP contribution in [0.15, 0.2) is 54.6 Å². The molecule has 0 fully saturated rings. The van der Waals surface area contributed by atoms with Gasteiger partial charge in [0, 0.05) is 5.56 Å². The van der Waals surface area contributed by atoms with Crippen LogP contribution in [0.3, 0.4) is 0 Å². The van der Waals surface area contributed by atoms with Gasteiger partial charge < -0.3 is 0 Å². The summed E-state index contributed by atoms with van der Waals surface area (Å²) in [5.74, 6) is 0.891. The van der Waals surface area contributed by atoms with Gasteiger partial charge in [-0.25, -0.2) is 0 Å². The molecule has 0 bridgehead atoms. The minimum Gasteiger partial charge on any atom is -0.287 e. The van der Waals surface area contributed by atoms with Crippen molar-refractivity contribution in [3.63, 3.8) is 0 Å². The maximum Gasteiger partial charge on any atom is 0.276 e. The summed E-state index contributed by atoms with van der Waals surface area (Å²) < 4.78 is 2.26. The van der Waals surface area contributed by atoms with Crippen molar-refractivity contribution in [1.82, 2.24) is 0 Å². The van der Waals surface area contributed by atoms with Crippen molar-refractivity contribution in [2.45, 2.75) is 19.5 Å². The highest BCUT2D eigenvalue weighted by Crippen LogP contribution is 2.24. The van der Waals surface area contributed by atoms with Crippen LogP contribution in [0, 0.1) is 0 Å². The van der Waals surface area contributed by atoms with E-state index in [4.69, 9.17) is 5.73 Å². The Hall–Kier alpha value is -2.09. The van der Waals surface area contributed by atoms with Gasteiger partial charge in [0.1, 0.15) is 12.6 Å². The summed E-state index contributed by atoms with van der Waals surface area (Å²) in [4.78, 5) is 0. The summed E-state index contributed by atoms with van der Waals surface area (Å²) in [5, 5.41) is 0. The lowest BCUT2D eigenvalue weighted by molar-refractivity contribution is -0.580. The van der Waals surface area contributed by atoms with Crippen molar-refractivity contribution in [3.05, 3.63) is 71.3 Å². The summed E-state index contributed by atoms with van der Waals surface area (Å²) in [5.41, 5.74) is 10.1. The van der Waals surface area contributed by atoms with Crippen molar-refractivity contribution in [2.75, 3.05) is 0 Å². The molecule has 0 aromatic heterocycles. The van der Waals surface area contributed by atoms with Gasteiger partial charge in [-0.1, -0.05) is 48.5 Å². The predicted octanol–water partition coefficient (Wildman–Crippen LogP) is 2.68. The second-order valence-corrected chi connectivity index (χ2v) is 4.76. The Morgan fingerprint density at radius 2 is 1.67 bits per heavy atom. The lowest BCUT2D eigenvalue weighted by Crippen LogP contribution is -2.25. The fraction of sp³-hybridized carbons (Fsp3) is 0.188. The number of rotatable bonds is 2. The van der Waals surface area contributed by atoms with E-state index in [1.165, 1.54) is 16.7 Å². The zero-order chi connectivity index (χ0) is 12.5. The van der Waals surface area contributed by atoms with Gasteiger partial charge in [0.2, 0.25) is 0 Å². The fourth-order valence-electron chi connectivity index (χ4n) is 2.59. The Morgan fingerprint density at radius 1 is 1.00 bits per heavy atom. The topological polar surface area (TPSA) is 29.0 Å². The summed E-state index contributed by atoms with van der Waals surface area (Å²) in [6.45, 7) is 3.10. The van der Waals surface area contributed by atoms with Crippen LogP contribution in [0.2, 0.25) is 0 Å². The third kappa shape index (κ3) is 1.70. The van der Waals surface area contributed by atoms with E-state index in [-0.39, 0.29) is 0 Å². The number of amidine groups is 1. The maximum absolute atomic E-state index is 6.27. The lowest BCUT2D eigenvalue weighted by Gasteiger charge is -2.13. The molecule has 0 saturated carbocycles. The van der Waals surface area contributed by atoms with E-state index in [9.17, 15) is 0 Å². The fourth-order valence-corrected chi connectivity index (χ4v) is 2.59. The molecular formula is C16H17N2+. The molecule has 0 unspecified atom stereocenters. The first-order valence-electron chi connectivity index (χ1n) is 6.29. The van der Waals surface area contributed by atoms with Crippen molar-refractivity contribution >= 4 is 5.84 Å². The quantitative estimate of drug-likeness (QED) is 0.799. The monoisotopic (exact) mass is 237 g/mol. The number of fused-ring (bicyclic) bond motifs is 1. The van der Waals surface area contributed by atoms with Gasteiger partial charge in [-0.2, -0.15) is 0 Å². The molecule has 1 aliphatic heterocycles. The van der Waals surface area contributed by atoms with Gasteiger partial charge in [0.15, 0.2) is 0 Å². The molecule has 3 rings (SSSR count). The Labute approximate surface area is 107 Å². The maximum atomic E-state index is 6.27. The molecule has 0 radical (unpaired) electrons. The molecule has 0 aliphatic carbocycles. The number of nitrogens with two attached hydrogens (primary N) is 1. The molecule has 90 valence electrons. The normalized spacial score (nSPS) is 15.6. The zero-order valence-electron chi connectivity index (χ0n) is 10.5. The molecule has 0 amide bonds. The minimum atomic E-state index is 0.304. The van der Waals surface area contributed by atoms with Crippen LogP contribution in [0.5, 0.6) is 0 Å². The van der Waals surface area contributed by atoms with Crippen molar-refractivity contribution in [3.8, 4) is 0 Å². The molecule has 0 spiro atoms. The second kappa shape index (κ2) is 4.30. The van der Waals surface area contributed by atoms with Crippen molar-refractivity contribution in [2.24, 2.45) is 5.73 Å². The highest BCUT2D eigenvalue weighted by Gasteiger charge is 2.28. The molecule has 2 nitrogen and oxygen atoms in total. The average Bonchev–Trinajstić information content (AvgIpc) is 2.77. The van der Waals surface area contributed by atoms with E-state index in [1.54, 1.807) is 0 Å². The molecule has 2 aromatic rings. The molecule has 18 heavy (non-hydrogen) atoms. The van der Waals surface area contributed by atoms with Crippen LogP contribution in [-0.4, -0.2) is 10.4 Å². The zero-order valence-corrected chi connectivity index (χ0v) is 10.5. The van der Waals surface area contributed by atoms with Crippen LogP contribution in [0.25, 0.3) is 0 Å². The Morgan fingerprint density at radius 3 is 2.39 bits per heavy atom. The number of nitrogens with zero attached hydrogens (tertiary/aromatic N) is 1. The van der Waals surface area contributed by atoms with Gasteiger partial charge in [-0.15, -0.1) is 0 Å². The summed E-state index contributed by atoms with van der Waals surface area (Å²) >= 11 is 0. The second-order valence-electron chi connectivity index (χ2n) is 4.76. The van der Waals surface area contributed by atoms with Gasteiger partial charge in [-0.3, -0.25) is 10.3 Å². The Kier molecular flexibility index (Phi) is 2.63. The highest BCUT2D eigenvalue weighted by molar-refractivity contribution is 5.96. The Bertz CT molecular complexity index is 600. The van der Waals surface area contributed by atoms with E-state index < -0.39 is 0 Å². The molecule has 2 aromatic carbocycles. The van der Waals surface area contributed by atoms with Crippen molar-refractivity contribution in [1.29, 1.82) is 0 Å². The predicted molar refractivity (Wildman–Crippen MR) is 73.6 cm³/mol. The minimum absolute atomic E-state index is 0.304. The van der Waals surface area contributed by atoms with E-state index in [1.807, 2.05) is 12.1 Å². The summed E-state index contributed by atoms with van der Waals surface area (Å²) in [6, 6.07) is 19.2. The summed E-state index contributed by atoms with van der Waals surface area (Å²) in [6.07, 6.45) is 0. The lowest BCUT2D eigenvalue weighted by atomic mass is 10.1. The third-order valence-corrected chi connectivity index (χ3v) is 3.69. The average molecular weight is 237 g/mol. The molecule has 1 atom stereocenters. The summed E-state index contributed by atoms with van der Waals surface area (Å²) in [7, 11) is 0. The first-order valence-corrected chi connectivity index (χ1v) is 6.29. The molecule has 0 saturated heterocycles. The molecule has 2 heteroatoms. The SMILES string of the molecule is C[C@H](c1ccccc1)[N+]1=C(N)c2ccccc2C1. The molecule has 1 aliphatic rings. The smallest absolute Gasteiger partial charge is 0.276 e. The largest absolute Gasteiger partial charge is 0.287 e. The molecule has 1 heterocycles. The molecule has 2 N–H and O–H groups in total. The highest BCUT2D eigenvalue weighted by atomic mass is 15.1. The first-order chi connectivity index (χ1) is 8.77. The van der Waals surface area contributed by atoms with Gasteiger partial charge in [0.25, 0.3) is 5.84 Å². The van der Waals surface area contributed by atoms with Gasteiger partial charge in [-0.05, 0) is 18.6 Å². The van der Waals surface area contributed by atoms with Gasteiger partial charge >= 0.3 is 0 Å². The van der Waals surface area contributed by atoms with Crippen LogP contribution in [0.1, 0.15) is 29.7 Å². The number of hydrogen-bond donors (Lipinski definition) is 1. The standard InChI is InChI=1S/C16H16N2/c1-12(13-7-3-2-4-8-13)18-11-14-9-5-6-10-15(14)16(18)17/h2-10,12,17H,11H2,1H3/p+1/t12-/m1/s1. The van der Waals surface area contributed by atoms with E-state index in [2.05, 4.69) is 54.0 Å². The van der Waals surface area contributed by atoms with Crippen LogP contribution in [0.4, 0.5) is 0 Å². The van der Waals surface area contributed by atoms with Crippen LogP contribution in [-0.2, 0) is 6.54 Å². The van der Waals surface area contributed by atoms with E-state index >= 15 is 0 Å². The number of benzene rings is 2. The third-order valence-electron chi connectivity index (χ3n) is 3.69. The van der Waals surface area contributed by atoms with Crippen molar-refractivity contribution < 1.29 is 4.58 Å². The first kappa shape index (κ1) is 11.0. The van der Waals surface area contributed by atoms with E-state index in [0.717, 1.165) is 12.4 Å². The number of hydrogen-bond acceptors (Lipinski definition) is 1. The van der Waals surface area contributed by atoms with Crippen LogP contribution >= 0.6 is 0 Å². The van der Waals surface area contributed by atoms with E-state index in [0.29, 0.717) is 6.04 Å².